The van der Waals surface area contributed by atoms with Crippen LogP contribution in [0.15, 0.2) is 42.5 Å². The largest absolute Gasteiger partial charge is 0.472 e. The topological polar surface area (TPSA) is 68.3 Å². The highest BCUT2D eigenvalue weighted by Gasteiger charge is 2.30. The van der Waals surface area contributed by atoms with Gasteiger partial charge in [0.1, 0.15) is 17.4 Å². The van der Waals surface area contributed by atoms with Gasteiger partial charge in [-0.15, -0.1) is 0 Å². The van der Waals surface area contributed by atoms with Gasteiger partial charge in [-0.1, -0.05) is 41.4 Å². The molecule has 0 saturated carbocycles. The number of methoxy groups -OCH3 is 1. The van der Waals surface area contributed by atoms with Gasteiger partial charge in [-0.25, -0.2) is 13.6 Å². The van der Waals surface area contributed by atoms with Crippen LogP contribution in [0.2, 0.25) is 10.0 Å². The van der Waals surface area contributed by atoms with E-state index >= 15 is 4.39 Å². The zero-order chi connectivity index (χ0) is 27.0. The van der Waals surface area contributed by atoms with Crippen molar-refractivity contribution in [2.75, 3.05) is 45.0 Å². The molecule has 11 heteroatoms. The maximum Gasteiger partial charge on any atom is 0.340 e. The fraction of sp³-hybridized carbons (Fsp3) is 0.259. The Morgan fingerprint density at radius 3 is 2.39 bits per heavy atom. The van der Waals surface area contributed by atoms with E-state index in [0.717, 1.165) is 12.1 Å². The van der Waals surface area contributed by atoms with E-state index in [1.807, 2.05) is 4.90 Å². The van der Waals surface area contributed by atoms with Gasteiger partial charge in [-0.2, -0.15) is 0 Å². The molecule has 1 fully saturated rings. The Hall–Kier alpha value is -3.40. The van der Waals surface area contributed by atoms with Crippen LogP contribution in [0.25, 0.3) is 11.1 Å². The van der Waals surface area contributed by atoms with E-state index < -0.39 is 23.5 Å². The fourth-order valence-electron chi connectivity index (χ4n) is 4.63. The van der Waals surface area contributed by atoms with Gasteiger partial charge in [0, 0.05) is 29.8 Å². The second kappa shape index (κ2) is 10.8. The number of halogens is 4. The lowest BCUT2D eigenvalue weighted by Crippen LogP contribution is -2.37. The molecule has 0 spiro atoms. The lowest BCUT2D eigenvalue weighted by atomic mass is 9.97. The quantitative estimate of drug-likeness (QED) is 0.388. The molecule has 3 aromatic rings. The van der Waals surface area contributed by atoms with Crippen LogP contribution < -0.4 is 9.64 Å². The van der Waals surface area contributed by atoms with Crippen molar-refractivity contribution in [3.8, 4) is 16.9 Å². The number of para-hydroxylation sites is 1. The highest BCUT2D eigenvalue weighted by atomic mass is 35.5. The predicted molar refractivity (Wildman–Crippen MR) is 138 cm³/mol. The number of fused-ring (bicyclic) bond motifs is 1. The zero-order valence-corrected chi connectivity index (χ0v) is 21.7. The van der Waals surface area contributed by atoms with Crippen molar-refractivity contribution in [3.05, 3.63) is 80.8 Å². The summed E-state index contributed by atoms with van der Waals surface area (Å²) in [5.74, 6) is -2.04. The first-order valence-electron chi connectivity index (χ1n) is 11.7. The number of rotatable bonds is 4. The first-order valence-corrected chi connectivity index (χ1v) is 12.5. The van der Waals surface area contributed by atoms with Crippen LogP contribution in [0.3, 0.4) is 0 Å². The summed E-state index contributed by atoms with van der Waals surface area (Å²) in [5.41, 5.74) is 1.95. The minimum absolute atomic E-state index is 0.0301. The minimum Gasteiger partial charge on any atom is -0.472 e. The van der Waals surface area contributed by atoms with E-state index in [4.69, 9.17) is 37.4 Å². The molecule has 0 N–H and O–H groups in total. The molecule has 0 aliphatic carbocycles. The standard InChI is InChI=1S/C27H22Cl2F2N2O5/c1-36-27(35)19-11-22(31)18(12-23(19)32-5-7-37-8-6-32)17-4-2-3-15-13-33(14-38-25(15)17)26(34)24-20(28)9-16(30)10-21(24)29/h2-4,9-12H,5-8,13-14H2,1H3. The van der Waals surface area contributed by atoms with Crippen LogP contribution in [0, 0.1) is 11.6 Å². The monoisotopic (exact) mass is 562 g/mol. The Labute approximate surface area is 227 Å². The molecule has 0 unspecified atom stereocenters. The predicted octanol–water partition coefficient (Wildman–Crippen LogP) is 5.55. The number of morpholine rings is 1. The van der Waals surface area contributed by atoms with Crippen molar-refractivity contribution in [3.63, 3.8) is 0 Å². The average molecular weight is 563 g/mol. The normalized spacial score (nSPS) is 15.1. The van der Waals surface area contributed by atoms with Gasteiger partial charge in [0.25, 0.3) is 5.91 Å². The molecule has 3 aromatic carbocycles. The minimum atomic E-state index is -0.655. The maximum atomic E-state index is 15.5. The molecule has 1 saturated heterocycles. The SMILES string of the molecule is COC(=O)c1cc(F)c(-c2cccc3c2OCN(C(=O)c2c(Cl)cc(F)cc2Cl)C3)cc1N1CCOCC1. The first-order chi connectivity index (χ1) is 18.3. The van der Waals surface area contributed by atoms with Crippen molar-refractivity contribution in [1.29, 1.82) is 0 Å². The molecule has 0 bridgehead atoms. The summed E-state index contributed by atoms with van der Waals surface area (Å²) in [5, 5.41) is -0.217. The molecule has 5 rings (SSSR count). The average Bonchev–Trinajstić information content (AvgIpc) is 2.91. The third-order valence-corrected chi connectivity index (χ3v) is 7.06. The van der Waals surface area contributed by atoms with Gasteiger partial charge in [0.05, 0.1) is 53.7 Å². The zero-order valence-electron chi connectivity index (χ0n) is 20.2. The Bertz CT molecular complexity index is 1410. The molecule has 0 atom stereocenters. The van der Waals surface area contributed by atoms with Gasteiger partial charge >= 0.3 is 5.97 Å². The summed E-state index contributed by atoms with van der Waals surface area (Å²) < 4.78 is 45.3. The summed E-state index contributed by atoms with van der Waals surface area (Å²) in [4.78, 5) is 28.9. The molecule has 2 heterocycles. The molecule has 7 nitrogen and oxygen atoms in total. The van der Waals surface area contributed by atoms with Gasteiger partial charge in [0.2, 0.25) is 0 Å². The second-order valence-corrected chi connectivity index (χ2v) is 9.57. The smallest absolute Gasteiger partial charge is 0.340 e. The lowest BCUT2D eigenvalue weighted by molar-refractivity contribution is 0.0515. The Morgan fingerprint density at radius 1 is 1.00 bits per heavy atom. The van der Waals surface area contributed by atoms with Gasteiger partial charge in [-0.3, -0.25) is 4.79 Å². The number of hydrogen-bond donors (Lipinski definition) is 0. The van der Waals surface area contributed by atoms with E-state index in [9.17, 15) is 14.0 Å². The number of esters is 1. The van der Waals surface area contributed by atoms with E-state index in [-0.39, 0.29) is 40.0 Å². The molecule has 2 aliphatic heterocycles. The van der Waals surface area contributed by atoms with Crippen molar-refractivity contribution in [2.45, 2.75) is 6.54 Å². The molecular weight excluding hydrogens is 541 g/mol. The number of benzene rings is 3. The molecule has 1 amide bonds. The van der Waals surface area contributed by atoms with E-state index in [1.54, 1.807) is 24.3 Å². The van der Waals surface area contributed by atoms with Crippen molar-refractivity contribution in [2.24, 2.45) is 0 Å². The molecule has 0 aromatic heterocycles. The molecular formula is C27H22Cl2F2N2O5. The van der Waals surface area contributed by atoms with Gasteiger partial charge in [-0.05, 0) is 24.3 Å². The van der Waals surface area contributed by atoms with Gasteiger partial charge < -0.3 is 24.0 Å². The number of anilines is 1. The van der Waals surface area contributed by atoms with Crippen LogP contribution in [0.1, 0.15) is 26.3 Å². The summed E-state index contributed by atoms with van der Waals surface area (Å²) in [7, 11) is 1.25. The Balaban J connectivity index is 1.51. The number of amides is 1. The van der Waals surface area contributed by atoms with Gasteiger partial charge in [0.15, 0.2) is 6.73 Å². The molecule has 198 valence electrons. The fourth-order valence-corrected chi connectivity index (χ4v) is 5.25. The van der Waals surface area contributed by atoms with Crippen LogP contribution >= 0.6 is 23.2 Å². The summed E-state index contributed by atoms with van der Waals surface area (Å²) in [6.45, 7) is 1.98. The highest BCUT2D eigenvalue weighted by molar-refractivity contribution is 6.39. The summed E-state index contributed by atoms with van der Waals surface area (Å²) in [6.07, 6.45) is 0. The molecule has 0 radical (unpaired) electrons. The van der Waals surface area contributed by atoms with E-state index in [1.165, 1.54) is 18.1 Å². The first kappa shape index (κ1) is 26.2. The van der Waals surface area contributed by atoms with Crippen LogP contribution in [-0.4, -0.2) is 56.9 Å². The lowest BCUT2D eigenvalue weighted by Gasteiger charge is -2.32. The second-order valence-electron chi connectivity index (χ2n) is 8.75. The van der Waals surface area contributed by atoms with Crippen molar-refractivity contribution in [1.82, 2.24) is 4.90 Å². The van der Waals surface area contributed by atoms with Crippen LogP contribution in [0.4, 0.5) is 14.5 Å². The number of carbonyl (C=O) groups excluding carboxylic acids is 2. The number of hydrogen-bond acceptors (Lipinski definition) is 6. The maximum absolute atomic E-state index is 15.5. The number of nitrogens with zero attached hydrogens (tertiary/aromatic N) is 2. The Kier molecular flexibility index (Phi) is 7.43. The Morgan fingerprint density at radius 2 is 1.71 bits per heavy atom. The molecule has 2 aliphatic rings. The summed E-state index contributed by atoms with van der Waals surface area (Å²) >= 11 is 12.2. The van der Waals surface area contributed by atoms with Crippen LogP contribution in [0.5, 0.6) is 5.75 Å². The highest BCUT2D eigenvalue weighted by Crippen LogP contribution is 2.41. The van der Waals surface area contributed by atoms with E-state index in [2.05, 4.69) is 0 Å². The van der Waals surface area contributed by atoms with Crippen LogP contribution in [-0.2, 0) is 16.0 Å². The number of carbonyl (C=O) groups is 2. The van der Waals surface area contributed by atoms with E-state index in [0.29, 0.717) is 48.9 Å². The third kappa shape index (κ3) is 4.89. The number of ether oxygens (including phenoxy) is 3. The van der Waals surface area contributed by atoms with Crippen molar-refractivity contribution < 1.29 is 32.6 Å². The molecule has 38 heavy (non-hydrogen) atoms. The third-order valence-electron chi connectivity index (χ3n) is 6.46. The van der Waals surface area contributed by atoms with Crippen molar-refractivity contribution >= 4 is 40.8 Å². The summed E-state index contributed by atoms with van der Waals surface area (Å²) in [6, 6.07) is 10.0.